The summed E-state index contributed by atoms with van der Waals surface area (Å²) < 4.78 is 19.1. The molecule has 0 fully saturated rings. The van der Waals surface area contributed by atoms with Gasteiger partial charge in [0.2, 0.25) is 0 Å². The highest BCUT2D eigenvalue weighted by atomic mass is 35.6. The van der Waals surface area contributed by atoms with Crippen LogP contribution in [0.15, 0.2) is 0 Å². The van der Waals surface area contributed by atoms with Crippen molar-refractivity contribution in [2.75, 3.05) is 0 Å². The molecule has 0 saturated heterocycles. The molecule has 0 spiro atoms. The van der Waals surface area contributed by atoms with Crippen molar-refractivity contribution < 1.29 is 13.3 Å². The molecule has 5 heteroatoms. The predicted octanol–water partition coefficient (Wildman–Crippen LogP) is 7.62. The molecule has 0 N–H and O–H groups in total. The maximum absolute atomic E-state index is 6.97. The zero-order valence-corrected chi connectivity index (χ0v) is 20.1. The van der Waals surface area contributed by atoms with Crippen molar-refractivity contribution in [3.8, 4) is 0 Å². The van der Waals surface area contributed by atoms with Crippen molar-refractivity contribution in [1.29, 1.82) is 0 Å². The summed E-state index contributed by atoms with van der Waals surface area (Å²) >= 11 is 6.97. The minimum atomic E-state index is -3.18. The first-order chi connectivity index (χ1) is 12.5. The lowest BCUT2D eigenvalue weighted by atomic mass is 10.1. The third kappa shape index (κ3) is 12.0. The van der Waals surface area contributed by atoms with Crippen LogP contribution < -0.4 is 0 Å². The van der Waals surface area contributed by atoms with Crippen molar-refractivity contribution in [1.82, 2.24) is 0 Å². The van der Waals surface area contributed by atoms with Crippen LogP contribution in [0.4, 0.5) is 0 Å². The average molecular weight is 409 g/mol. The fraction of sp³-hybridized carbons (Fsp3) is 1.00. The Balaban J connectivity index is 5.12. The maximum atomic E-state index is 6.97. The fourth-order valence-corrected chi connectivity index (χ4v) is 6.36. The topological polar surface area (TPSA) is 27.7 Å². The van der Waals surface area contributed by atoms with Gasteiger partial charge in [0.15, 0.2) is 0 Å². The van der Waals surface area contributed by atoms with Crippen molar-refractivity contribution in [3.05, 3.63) is 0 Å². The lowest BCUT2D eigenvalue weighted by Crippen LogP contribution is -2.48. The maximum Gasteiger partial charge on any atom is 0.613 e. The molecule has 0 aliphatic rings. The van der Waals surface area contributed by atoms with E-state index in [2.05, 4.69) is 41.5 Å². The molecule has 158 valence electrons. The largest absolute Gasteiger partial charge is 0.613 e. The fourth-order valence-electron chi connectivity index (χ4n) is 3.02. The first-order valence-electron chi connectivity index (χ1n) is 11.2. The summed E-state index contributed by atoms with van der Waals surface area (Å²) in [7, 11) is -3.18. The number of unbranched alkanes of at least 4 members (excludes halogenated alkanes) is 3. The zero-order chi connectivity index (χ0) is 19.8. The average Bonchev–Trinajstić information content (AvgIpc) is 2.65. The van der Waals surface area contributed by atoms with Crippen LogP contribution in [0.3, 0.4) is 0 Å². The van der Waals surface area contributed by atoms with E-state index < -0.39 is 8.11 Å². The first kappa shape index (κ1) is 26.4. The second kappa shape index (κ2) is 16.4. The molecule has 0 radical (unpaired) electrons. The van der Waals surface area contributed by atoms with Crippen LogP contribution in [0.2, 0.25) is 0 Å². The van der Waals surface area contributed by atoms with Gasteiger partial charge in [-0.05, 0) is 38.5 Å². The van der Waals surface area contributed by atoms with Gasteiger partial charge < -0.3 is 13.3 Å². The van der Waals surface area contributed by atoms with Crippen LogP contribution in [0.25, 0.3) is 0 Å². The number of hydrogen-bond acceptors (Lipinski definition) is 3. The second-order valence-electron chi connectivity index (χ2n) is 7.35. The molecule has 0 aromatic rings. The van der Waals surface area contributed by atoms with Gasteiger partial charge in [-0.25, -0.2) is 0 Å². The van der Waals surface area contributed by atoms with E-state index in [-0.39, 0.29) is 18.3 Å². The van der Waals surface area contributed by atoms with Crippen LogP contribution >= 0.6 is 11.1 Å². The summed E-state index contributed by atoms with van der Waals surface area (Å²) in [4.78, 5) is 0. The summed E-state index contributed by atoms with van der Waals surface area (Å²) in [6.45, 7) is 13.1. The molecule has 0 heterocycles. The normalized spacial score (nSPS) is 17.7. The lowest BCUT2D eigenvalue weighted by Gasteiger charge is -2.34. The van der Waals surface area contributed by atoms with Gasteiger partial charge in [0.05, 0.1) is 18.3 Å². The summed E-state index contributed by atoms with van der Waals surface area (Å²) in [6, 6.07) is 0. The Labute approximate surface area is 169 Å². The molecule has 0 aliphatic heterocycles. The molecular formula is C21H45ClO3Si. The van der Waals surface area contributed by atoms with Gasteiger partial charge in [0.25, 0.3) is 0 Å². The zero-order valence-electron chi connectivity index (χ0n) is 18.3. The van der Waals surface area contributed by atoms with Crippen LogP contribution in [0, 0.1) is 0 Å². The van der Waals surface area contributed by atoms with E-state index in [1.165, 1.54) is 19.3 Å². The van der Waals surface area contributed by atoms with Crippen molar-refractivity contribution in [2.45, 2.75) is 137 Å². The second-order valence-corrected chi connectivity index (χ2v) is 10.4. The van der Waals surface area contributed by atoms with E-state index in [0.29, 0.717) is 0 Å². The SMILES string of the molecule is CCCCC(CC)O[Si](Cl)(OC(CC)CCCC)OC(CC)CCCC. The Bertz CT molecular complexity index is 272. The Morgan fingerprint density at radius 2 is 0.846 bits per heavy atom. The molecule has 0 bridgehead atoms. The molecule has 0 aromatic carbocycles. The molecule has 3 atom stereocenters. The smallest absolute Gasteiger partial charge is 0.358 e. The lowest BCUT2D eigenvalue weighted by molar-refractivity contribution is -0.0116. The van der Waals surface area contributed by atoms with Gasteiger partial charge in [-0.1, -0.05) is 91.1 Å². The third-order valence-corrected chi connectivity index (χ3v) is 7.57. The molecule has 0 aromatic heterocycles. The molecule has 0 aliphatic carbocycles. The van der Waals surface area contributed by atoms with Gasteiger partial charge in [-0.3, -0.25) is 0 Å². The van der Waals surface area contributed by atoms with E-state index in [4.69, 9.17) is 24.4 Å². The molecule has 0 saturated carbocycles. The quantitative estimate of drug-likeness (QED) is 0.172. The molecular weight excluding hydrogens is 364 g/mol. The van der Waals surface area contributed by atoms with Gasteiger partial charge in [0, 0.05) is 0 Å². The van der Waals surface area contributed by atoms with E-state index in [0.717, 1.165) is 57.8 Å². The van der Waals surface area contributed by atoms with Gasteiger partial charge >= 0.3 is 8.11 Å². The Hall–Kier alpha value is 0.387. The van der Waals surface area contributed by atoms with Gasteiger partial charge in [-0.2, -0.15) is 0 Å². The van der Waals surface area contributed by atoms with Crippen LogP contribution in [-0.2, 0) is 13.3 Å². The van der Waals surface area contributed by atoms with Crippen molar-refractivity contribution in [2.24, 2.45) is 0 Å². The van der Waals surface area contributed by atoms with Crippen LogP contribution in [0.5, 0.6) is 0 Å². The Kier molecular flexibility index (Phi) is 16.6. The Morgan fingerprint density at radius 1 is 0.577 bits per heavy atom. The standard InChI is InChI=1S/C21H45ClO3Si/c1-7-13-16-19(10-4)23-26(22,24-20(11-5)17-14-8-2)25-21(12-6)18-15-9-3/h19-21H,7-18H2,1-6H3. The highest BCUT2D eigenvalue weighted by Gasteiger charge is 2.45. The molecule has 3 unspecified atom stereocenters. The van der Waals surface area contributed by atoms with Crippen molar-refractivity contribution >= 4 is 19.2 Å². The molecule has 0 rings (SSSR count). The van der Waals surface area contributed by atoms with Gasteiger partial charge in [0.1, 0.15) is 0 Å². The number of hydrogen-bond donors (Lipinski definition) is 0. The van der Waals surface area contributed by atoms with Crippen LogP contribution in [-0.4, -0.2) is 26.4 Å². The van der Waals surface area contributed by atoms with E-state index >= 15 is 0 Å². The monoisotopic (exact) mass is 408 g/mol. The predicted molar refractivity (Wildman–Crippen MR) is 116 cm³/mol. The Morgan fingerprint density at radius 3 is 1.04 bits per heavy atom. The van der Waals surface area contributed by atoms with Gasteiger partial charge in [-0.15, -0.1) is 0 Å². The summed E-state index contributed by atoms with van der Waals surface area (Å²) in [5, 5.41) is 0. The van der Waals surface area contributed by atoms with Crippen LogP contribution in [0.1, 0.15) is 119 Å². The summed E-state index contributed by atoms with van der Waals surface area (Å²) in [6.07, 6.45) is 13.3. The molecule has 3 nitrogen and oxygen atoms in total. The number of rotatable bonds is 18. The summed E-state index contributed by atoms with van der Waals surface area (Å²) in [5.74, 6) is 0. The highest BCUT2D eigenvalue weighted by Crippen LogP contribution is 2.28. The minimum Gasteiger partial charge on any atom is -0.358 e. The first-order valence-corrected chi connectivity index (χ1v) is 13.9. The van der Waals surface area contributed by atoms with E-state index in [1.54, 1.807) is 0 Å². The van der Waals surface area contributed by atoms with Crippen molar-refractivity contribution in [3.63, 3.8) is 0 Å². The van der Waals surface area contributed by atoms with E-state index in [9.17, 15) is 0 Å². The third-order valence-electron chi connectivity index (χ3n) is 4.93. The molecule has 26 heavy (non-hydrogen) atoms. The highest BCUT2D eigenvalue weighted by molar-refractivity contribution is 7.09. The molecule has 0 amide bonds. The number of halogens is 1. The minimum absolute atomic E-state index is 0.131. The summed E-state index contributed by atoms with van der Waals surface area (Å²) in [5.41, 5.74) is 0. The van der Waals surface area contributed by atoms with E-state index in [1.807, 2.05) is 0 Å².